The molecule has 13 heteroatoms. The Bertz CT molecular complexity index is 1880. The first-order chi connectivity index (χ1) is 23.7. The Hall–Kier alpha value is -5.66. The van der Waals surface area contributed by atoms with Crippen LogP contribution in [0.1, 0.15) is 71.1 Å². The SMILES string of the molecule is O=C(CCCCCCC(=O)Nc1ccc(CNC(=S)Nc2ccc3c(c2)C(=O)OC32c3ccc(O)cc3Oc3cc(O)ccc32)cc1)NO. The Morgan fingerprint density at radius 2 is 1.31 bits per heavy atom. The number of esters is 1. The molecule has 7 N–H and O–H groups in total. The molecular formula is C36H34N4O8S. The van der Waals surface area contributed by atoms with E-state index >= 15 is 0 Å². The maximum Gasteiger partial charge on any atom is 0.340 e. The third kappa shape index (κ3) is 7.12. The van der Waals surface area contributed by atoms with Crippen molar-refractivity contribution in [3.63, 3.8) is 0 Å². The van der Waals surface area contributed by atoms with Gasteiger partial charge in [-0.25, -0.2) is 10.3 Å². The van der Waals surface area contributed by atoms with E-state index < -0.39 is 17.5 Å². The number of carbonyl (C=O) groups excluding carboxylic acids is 3. The highest BCUT2D eigenvalue weighted by Crippen LogP contribution is 2.57. The Balaban J connectivity index is 1.05. The zero-order valence-electron chi connectivity index (χ0n) is 26.2. The molecule has 2 aliphatic rings. The fraction of sp³-hybridized carbons (Fsp3) is 0.222. The largest absolute Gasteiger partial charge is 0.508 e. The van der Waals surface area contributed by atoms with E-state index in [1.807, 2.05) is 24.3 Å². The topological polar surface area (TPSA) is 178 Å². The van der Waals surface area contributed by atoms with Gasteiger partial charge >= 0.3 is 5.97 Å². The molecule has 0 bridgehead atoms. The Morgan fingerprint density at radius 1 is 0.714 bits per heavy atom. The Labute approximate surface area is 287 Å². The third-order valence-electron chi connectivity index (χ3n) is 8.40. The maximum atomic E-state index is 13.4. The molecule has 4 aromatic rings. The van der Waals surface area contributed by atoms with E-state index in [9.17, 15) is 24.6 Å². The van der Waals surface area contributed by atoms with Crippen molar-refractivity contribution in [1.82, 2.24) is 10.8 Å². The monoisotopic (exact) mass is 682 g/mol. The number of thiocarbonyl (C=S) groups is 1. The normalized spacial score (nSPS) is 13.3. The molecular weight excluding hydrogens is 648 g/mol. The van der Waals surface area contributed by atoms with Crippen molar-refractivity contribution in [3.05, 3.63) is 107 Å². The van der Waals surface area contributed by atoms with Crippen LogP contribution in [0.5, 0.6) is 23.0 Å². The fourth-order valence-corrected chi connectivity index (χ4v) is 6.24. The molecule has 0 atom stereocenters. The van der Waals surface area contributed by atoms with Gasteiger partial charge in [-0.2, -0.15) is 0 Å². The summed E-state index contributed by atoms with van der Waals surface area (Å²) < 4.78 is 12.1. The Kier molecular flexibility index (Phi) is 9.65. The zero-order chi connectivity index (χ0) is 34.5. The number of aromatic hydroxyl groups is 2. The molecule has 49 heavy (non-hydrogen) atoms. The number of phenols is 2. The van der Waals surface area contributed by atoms with Gasteiger partial charge in [-0.15, -0.1) is 0 Å². The summed E-state index contributed by atoms with van der Waals surface area (Å²) in [5.41, 5.74) is 4.44. The van der Waals surface area contributed by atoms with Crippen LogP contribution in [-0.4, -0.2) is 38.3 Å². The number of hydroxylamine groups is 1. The van der Waals surface area contributed by atoms with Gasteiger partial charge in [0.2, 0.25) is 11.8 Å². The minimum Gasteiger partial charge on any atom is -0.508 e. The van der Waals surface area contributed by atoms with Crippen molar-refractivity contribution >= 4 is 46.5 Å². The highest BCUT2D eigenvalue weighted by atomic mass is 32.1. The number of amides is 2. The summed E-state index contributed by atoms with van der Waals surface area (Å²) in [4.78, 5) is 36.7. The predicted octanol–water partition coefficient (Wildman–Crippen LogP) is 5.94. The van der Waals surface area contributed by atoms with Crippen molar-refractivity contribution in [2.24, 2.45) is 0 Å². The summed E-state index contributed by atoms with van der Waals surface area (Å²) in [6.45, 7) is 0.414. The summed E-state index contributed by atoms with van der Waals surface area (Å²) in [7, 11) is 0. The smallest absolute Gasteiger partial charge is 0.340 e. The summed E-state index contributed by atoms with van der Waals surface area (Å²) >= 11 is 5.52. The predicted molar refractivity (Wildman–Crippen MR) is 184 cm³/mol. The molecule has 0 aliphatic carbocycles. The second-order valence-corrected chi connectivity index (χ2v) is 12.2. The van der Waals surface area contributed by atoms with Crippen LogP contribution >= 0.6 is 12.2 Å². The van der Waals surface area contributed by atoms with Gasteiger partial charge in [0.1, 0.15) is 23.0 Å². The molecule has 0 saturated heterocycles. The number of phenolic OH excluding ortho intramolecular Hbond substituents is 2. The van der Waals surface area contributed by atoms with E-state index in [0.29, 0.717) is 76.0 Å². The lowest BCUT2D eigenvalue weighted by atomic mass is 9.77. The first kappa shape index (κ1) is 33.2. The van der Waals surface area contributed by atoms with Gasteiger partial charge in [0.25, 0.3) is 0 Å². The average molecular weight is 683 g/mol. The number of hydrogen-bond acceptors (Lipinski definition) is 9. The lowest BCUT2D eigenvalue weighted by Gasteiger charge is -2.36. The van der Waals surface area contributed by atoms with Crippen LogP contribution < -0.4 is 26.2 Å². The lowest BCUT2D eigenvalue weighted by Crippen LogP contribution is -2.33. The summed E-state index contributed by atoms with van der Waals surface area (Å²) in [6, 6.07) is 21.8. The molecule has 12 nitrogen and oxygen atoms in total. The van der Waals surface area contributed by atoms with E-state index in [4.69, 9.17) is 26.9 Å². The van der Waals surface area contributed by atoms with Crippen LogP contribution in [0.2, 0.25) is 0 Å². The standard InChI is InChI=1S/C36H34N4O8S/c41-24-12-15-28-30(18-24)47-31-19-25(42)13-16-29(31)36(28)27-14-11-23(17-26(27)34(45)48-36)39-35(49)37-20-21-7-9-22(10-8-21)38-32(43)5-3-1-2-4-6-33(44)40-46/h7-19,41-42,46H,1-6,20H2,(H,38,43)(H,40,44)(H2,37,39,49). The second kappa shape index (κ2) is 14.2. The minimum atomic E-state index is -1.35. The third-order valence-corrected chi connectivity index (χ3v) is 8.65. The minimum absolute atomic E-state index is 0.0192. The fourth-order valence-electron chi connectivity index (χ4n) is 6.05. The van der Waals surface area contributed by atoms with Gasteiger partial charge in [0.15, 0.2) is 10.7 Å². The van der Waals surface area contributed by atoms with Crippen molar-refractivity contribution in [2.45, 2.75) is 50.7 Å². The van der Waals surface area contributed by atoms with E-state index in [0.717, 1.165) is 18.4 Å². The van der Waals surface area contributed by atoms with E-state index in [-0.39, 0.29) is 23.8 Å². The van der Waals surface area contributed by atoms with Gasteiger partial charge < -0.3 is 35.6 Å². The number of benzene rings is 4. The highest BCUT2D eigenvalue weighted by molar-refractivity contribution is 7.80. The summed E-state index contributed by atoms with van der Waals surface area (Å²) in [5, 5.41) is 38.2. The highest BCUT2D eigenvalue weighted by Gasteiger charge is 2.53. The lowest BCUT2D eigenvalue weighted by molar-refractivity contribution is -0.129. The van der Waals surface area contributed by atoms with Crippen LogP contribution in [0, 0.1) is 0 Å². The molecule has 2 amide bonds. The molecule has 0 aromatic heterocycles. The number of fused-ring (bicyclic) bond motifs is 6. The van der Waals surface area contributed by atoms with Gasteiger partial charge in [0, 0.05) is 59.6 Å². The molecule has 6 rings (SSSR count). The number of anilines is 2. The summed E-state index contributed by atoms with van der Waals surface area (Å²) in [5.74, 6) is -0.469. The van der Waals surface area contributed by atoms with E-state index in [2.05, 4.69) is 16.0 Å². The molecule has 0 unspecified atom stereocenters. The number of rotatable bonds is 11. The van der Waals surface area contributed by atoms with Crippen molar-refractivity contribution < 1.29 is 39.3 Å². The van der Waals surface area contributed by atoms with Gasteiger partial charge in [0.05, 0.1) is 5.56 Å². The van der Waals surface area contributed by atoms with Crippen LogP contribution in [0.4, 0.5) is 11.4 Å². The number of hydrogen-bond donors (Lipinski definition) is 7. The summed E-state index contributed by atoms with van der Waals surface area (Å²) in [6.07, 6.45) is 3.63. The molecule has 252 valence electrons. The first-order valence-electron chi connectivity index (χ1n) is 15.8. The van der Waals surface area contributed by atoms with Gasteiger partial charge in [-0.05, 0) is 79.2 Å². The average Bonchev–Trinajstić information content (AvgIpc) is 3.36. The molecule has 4 aromatic carbocycles. The molecule has 0 radical (unpaired) electrons. The second-order valence-electron chi connectivity index (χ2n) is 11.8. The maximum absolute atomic E-state index is 13.4. The quantitative estimate of drug-likeness (QED) is 0.0328. The number of carbonyl (C=O) groups is 3. The van der Waals surface area contributed by atoms with Crippen molar-refractivity contribution in [2.75, 3.05) is 10.6 Å². The number of nitrogens with one attached hydrogen (secondary N) is 4. The number of ether oxygens (including phenoxy) is 2. The number of unbranched alkanes of at least 4 members (excludes halogenated alkanes) is 3. The van der Waals surface area contributed by atoms with Crippen LogP contribution in [-0.2, 0) is 26.5 Å². The van der Waals surface area contributed by atoms with Gasteiger partial charge in [-0.3, -0.25) is 14.8 Å². The van der Waals surface area contributed by atoms with E-state index in [1.165, 1.54) is 24.3 Å². The van der Waals surface area contributed by atoms with Gasteiger partial charge in [-0.1, -0.05) is 31.0 Å². The van der Waals surface area contributed by atoms with Crippen LogP contribution in [0.15, 0.2) is 78.9 Å². The molecule has 2 aliphatic heterocycles. The molecule has 1 spiro atoms. The Morgan fingerprint density at radius 3 is 1.94 bits per heavy atom. The van der Waals surface area contributed by atoms with Crippen molar-refractivity contribution in [3.8, 4) is 23.0 Å². The van der Waals surface area contributed by atoms with E-state index in [1.54, 1.807) is 35.8 Å². The first-order valence-corrected chi connectivity index (χ1v) is 16.2. The zero-order valence-corrected chi connectivity index (χ0v) is 27.1. The van der Waals surface area contributed by atoms with Crippen LogP contribution in [0.3, 0.4) is 0 Å². The molecule has 0 saturated carbocycles. The van der Waals surface area contributed by atoms with Crippen LogP contribution in [0.25, 0.3) is 0 Å². The molecule has 2 heterocycles. The van der Waals surface area contributed by atoms with Crippen molar-refractivity contribution in [1.29, 1.82) is 0 Å². The molecule has 0 fully saturated rings.